The summed E-state index contributed by atoms with van der Waals surface area (Å²) in [5, 5.41) is 10.4. The number of aromatic carboxylic acids is 1. The first-order chi connectivity index (χ1) is 16.3. The predicted octanol–water partition coefficient (Wildman–Crippen LogP) is 3.87. The Morgan fingerprint density at radius 2 is 1.91 bits per heavy atom. The van der Waals surface area contributed by atoms with E-state index in [1.165, 1.54) is 47.4 Å². The van der Waals surface area contributed by atoms with Gasteiger partial charge in [-0.3, -0.25) is 9.59 Å². The summed E-state index contributed by atoms with van der Waals surface area (Å²) in [5.74, 6) is -3.63. The van der Waals surface area contributed by atoms with Crippen LogP contribution in [0.1, 0.15) is 26.4 Å². The molecule has 8 nitrogen and oxygen atoms in total. The molecule has 0 unspecified atom stereocenters. The lowest BCUT2D eigenvalue weighted by Crippen LogP contribution is -2.15. The highest BCUT2D eigenvalue weighted by Gasteiger charge is 2.29. The molecule has 10 heteroatoms. The van der Waals surface area contributed by atoms with E-state index in [1.807, 2.05) is 0 Å². The van der Waals surface area contributed by atoms with Crippen LogP contribution in [0.25, 0.3) is 33.0 Å². The Balaban J connectivity index is 1.92. The first-order valence-corrected chi connectivity index (χ1v) is 9.99. The standard InChI is InChI=1S/C24H15F2N3O5/c25-15-4-3-11(22(27)30)8-12(15)10-29-17-9-16(26)13-5-7-34-21(13)19(17)18(20(29)24(32)33)14-2-1-6-28-23(14)31/h1-9H,10H2,(H2,27,30)(H,28,31)(H,32,33). The molecule has 2 aromatic carbocycles. The lowest BCUT2D eigenvalue weighted by Gasteiger charge is -2.11. The van der Waals surface area contributed by atoms with Crippen LogP contribution >= 0.6 is 0 Å². The number of amides is 1. The number of aromatic nitrogens is 2. The molecule has 0 fully saturated rings. The van der Waals surface area contributed by atoms with Crippen molar-refractivity contribution in [3.05, 3.63) is 93.7 Å². The first kappa shape index (κ1) is 21.1. The van der Waals surface area contributed by atoms with Gasteiger partial charge in [0.05, 0.1) is 34.7 Å². The van der Waals surface area contributed by atoms with Crippen LogP contribution in [0.3, 0.4) is 0 Å². The van der Waals surface area contributed by atoms with Gasteiger partial charge in [-0.15, -0.1) is 0 Å². The Labute approximate surface area is 188 Å². The number of rotatable bonds is 5. The number of primary amides is 1. The zero-order valence-corrected chi connectivity index (χ0v) is 17.3. The van der Waals surface area contributed by atoms with Crippen molar-refractivity contribution in [1.82, 2.24) is 9.55 Å². The zero-order valence-electron chi connectivity index (χ0n) is 17.3. The molecule has 4 N–H and O–H groups in total. The van der Waals surface area contributed by atoms with Crippen LogP contribution in [0.15, 0.2) is 64.1 Å². The number of nitrogens with one attached hydrogen (secondary N) is 1. The predicted molar refractivity (Wildman–Crippen MR) is 119 cm³/mol. The Bertz CT molecular complexity index is 1700. The van der Waals surface area contributed by atoms with Crippen molar-refractivity contribution in [3.8, 4) is 11.1 Å². The zero-order chi connectivity index (χ0) is 24.1. The average Bonchev–Trinajstić information content (AvgIpc) is 3.39. The van der Waals surface area contributed by atoms with E-state index in [1.54, 1.807) is 0 Å². The van der Waals surface area contributed by atoms with E-state index in [-0.39, 0.29) is 56.4 Å². The van der Waals surface area contributed by atoms with Gasteiger partial charge in [0.25, 0.3) is 5.56 Å². The number of aromatic amines is 1. The second-order valence-corrected chi connectivity index (χ2v) is 7.61. The van der Waals surface area contributed by atoms with Gasteiger partial charge in [0.1, 0.15) is 22.9 Å². The monoisotopic (exact) mass is 463 g/mol. The third-order valence-electron chi connectivity index (χ3n) is 5.67. The van der Waals surface area contributed by atoms with E-state index >= 15 is 0 Å². The molecule has 5 rings (SSSR count). The molecule has 34 heavy (non-hydrogen) atoms. The third kappa shape index (κ3) is 3.15. The molecule has 0 radical (unpaired) electrons. The minimum Gasteiger partial charge on any atom is -0.477 e. The number of nitrogens with zero attached hydrogens (tertiary/aromatic N) is 1. The van der Waals surface area contributed by atoms with E-state index in [0.29, 0.717) is 0 Å². The van der Waals surface area contributed by atoms with E-state index in [9.17, 15) is 28.3 Å². The quantitative estimate of drug-likeness (QED) is 0.364. The first-order valence-electron chi connectivity index (χ1n) is 9.99. The van der Waals surface area contributed by atoms with Crippen LogP contribution in [0.4, 0.5) is 8.78 Å². The van der Waals surface area contributed by atoms with Crippen LogP contribution < -0.4 is 11.3 Å². The molecule has 170 valence electrons. The lowest BCUT2D eigenvalue weighted by molar-refractivity contribution is 0.0686. The number of hydrogen-bond acceptors (Lipinski definition) is 4. The van der Waals surface area contributed by atoms with Crippen LogP contribution in [0, 0.1) is 11.6 Å². The summed E-state index contributed by atoms with van der Waals surface area (Å²) >= 11 is 0. The molecular formula is C24H15F2N3O5. The highest BCUT2D eigenvalue weighted by Crippen LogP contribution is 2.40. The van der Waals surface area contributed by atoms with Gasteiger partial charge in [0.15, 0.2) is 0 Å². The van der Waals surface area contributed by atoms with E-state index in [4.69, 9.17) is 10.2 Å². The van der Waals surface area contributed by atoms with Gasteiger partial charge in [0, 0.05) is 22.9 Å². The average molecular weight is 463 g/mol. The summed E-state index contributed by atoms with van der Waals surface area (Å²) in [4.78, 5) is 39.2. The molecule has 0 aliphatic rings. The number of carbonyl (C=O) groups excluding carboxylic acids is 1. The molecule has 0 aliphatic carbocycles. The Hall–Kier alpha value is -4.73. The molecule has 1 amide bonds. The second kappa shape index (κ2) is 7.69. The van der Waals surface area contributed by atoms with Gasteiger partial charge >= 0.3 is 5.97 Å². The van der Waals surface area contributed by atoms with Crippen molar-refractivity contribution in [1.29, 1.82) is 0 Å². The van der Waals surface area contributed by atoms with Crippen molar-refractivity contribution >= 4 is 33.7 Å². The van der Waals surface area contributed by atoms with Crippen molar-refractivity contribution in [2.24, 2.45) is 5.73 Å². The van der Waals surface area contributed by atoms with Crippen molar-refractivity contribution in [2.45, 2.75) is 6.54 Å². The summed E-state index contributed by atoms with van der Waals surface area (Å²) in [6, 6.07) is 8.88. The highest BCUT2D eigenvalue weighted by atomic mass is 19.1. The number of carbonyl (C=O) groups is 2. The van der Waals surface area contributed by atoms with Crippen LogP contribution in [0.2, 0.25) is 0 Å². The van der Waals surface area contributed by atoms with Gasteiger partial charge in [0.2, 0.25) is 5.91 Å². The van der Waals surface area contributed by atoms with Gasteiger partial charge < -0.3 is 24.8 Å². The van der Waals surface area contributed by atoms with Gasteiger partial charge in [-0.25, -0.2) is 13.6 Å². The maximum Gasteiger partial charge on any atom is 0.353 e. The largest absolute Gasteiger partial charge is 0.477 e. The van der Waals surface area contributed by atoms with Gasteiger partial charge in [-0.2, -0.15) is 0 Å². The molecule has 0 bridgehead atoms. The molecule has 5 aromatic rings. The molecule has 0 aliphatic heterocycles. The van der Waals surface area contributed by atoms with E-state index in [0.717, 1.165) is 12.1 Å². The number of fused-ring (bicyclic) bond motifs is 3. The number of nitrogens with two attached hydrogens (primary N) is 1. The fourth-order valence-corrected chi connectivity index (χ4v) is 4.19. The normalized spacial score (nSPS) is 11.4. The number of furan rings is 1. The smallest absolute Gasteiger partial charge is 0.353 e. The van der Waals surface area contributed by atoms with Crippen LogP contribution in [0.5, 0.6) is 0 Å². The van der Waals surface area contributed by atoms with Crippen LogP contribution in [-0.4, -0.2) is 26.5 Å². The topological polar surface area (TPSA) is 131 Å². The molecule has 3 aromatic heterocycles. The fraction of sp³-hybridized carbons (Fsp3) is 0.0417. The number of benzene rings is 2. The van der Waals surface area contributed by atoms with E-state index < -0.39 is 29.1 Å². The summed E-state index contributed by atoms with van der Waals surface area (Å²) in [5.41, 5.74) is 4.44. The van der Waals surface area contributed by atoms with Crippen molar-refractivity contribution in [2.75, 3.05) is 0 Å². The highest BCUT2D eigenvalue weighted by molar-refractivity contribution is 6.17. The maximum absolute atomic E-state index is 14.9. The summed E-state index contributed by atoms with van der Waals surface area (Å²) in [6.07, 6.45) is 2.64. The maximum atomic E-state index is 14.9. The Morgan fingerprint density at radius 3 is 2.62 bits per heavy atom. The van der Waals surface area contributed by atoms with Gasteiger partial charge in [-0.1, -0.05) is 0 Å². The van der Waals surface area contributed by atoms with Gasteiger partial charge in [-0.05, 0) is 42.5 Å². The minimum absolute atomic E-state index is 0.00392. The Morgan fingerprint density at radius 1 is 1.12 bits per heavy atom. The number of hydrogen-bond donors (Lipinski definition) is 3. The molecule has 0 saturated heterocycles. The fourth-order valence-electron chi connectivity index (χ4n) is 4.19. The minimum atomic E-state index is -1.43. The van der Waals surface area contributed by atoms with Crippen molar-refractivity contribution < 1.29 is 27.9 Å². The molecule has 0 atom stereocenters. The SMILES string of the molecule is NC(=O)c1ccc(F)c(Cn2c(C(=O)O)c(-c3ccc[nH]c3=O)c3c4occc4c(F)cc32)c1. The summed E-state index contributed by atoms with van der Waals surface area (Å²) < 4.78 is 36.3. The molecule has 0 spiro atoms. The lowest BCUT2D eigenvalue weighted by atomic mass is 10.0. The third-order valence-corrected chi connectivity index (χ3v) is 5.67. The summed E-state index contributed by atoms with van der Waals surface area (Å²) in [7, 11) is 0. The number of carboxylic acid groups (broad SMARTS) is 1. The molecular weight excluding hydrogens is 448 g/mol. The summed E-state index contributed by atoms with van der Waals surface area (Å²) in [6.45, 7) is -0.387. The Kier molecular flexibility index (Phi) is 4.78. The van der Waals surface area contributed by atoms with Crippen molar-refractivity contribution in [3.63, 3.8) is 0 Å². The number of halogens is 2. The second-order valence-electron chi connectivity index (χ2n) is 7.61. The number of carboxylic acids is 1. The number of H-pyrrole nitrogens is 1. The molecule has 3 heterocycles. The van der Waals surface area contributed by atoms with E-state index in [2.05, 4.69) is 4.98 Å². The molecule has 0 saturated carbocycles. The van der Waals surface area contributed by atoms with Crippen LogP contribution in [-0.2, 0) is 6.54 Å². The number of pyridine rings is 1.